The topological polar surface area (TPSA) is 65.0 Å². The number of nitrogens with zero attached hydrogens (tertiary/aromatic N) is 1. The zero-order chi connectivity index (χ0) is 14.0. The van der Waals surface area contributed by atoms with Crippen LogP contribution in [0, 0.1) is 0 Å². The molecule has 5 nitrogen and oxygen atoms in total. The van der Waals surface area contributed by atoms with Crippen LogP contribution in [0.4, 0.5) is 11.4 Å². The summed E-state index contributed by atoms with van der Waals surface area (Å²) < 4.78 is 5.78. The Labute approximate surface area is 129 Å². The van der Waals surface area contributed by atoms with E-state index in [1.54, 1.807) is 23.9 Å². The van der Waals surface area contributed by atoms with Crippen molar-refractivity contribution < 1.29 is 14.9 Å². The molecule has 0 radical (unpaired) electrons. The minimum atomic E-state index is -0.673. The molecule has 1 unspecified atom stereocenters. The Morgan fingerprint density at radius 1 is 1.35 bits per heavy atom. The fourth-order valence-corrected chi connectivity index (χ4v) is 4.80. The number of aliphatic hydroxyl groups excluding tert-OH is 2. The molecule has 5 atom stereocenters. The van der Waals surface area contributed by atoms with Gasteiger partial charge in [-0.2, -0.15) is 0 Å². The molecule has 0 aromatic heterocycles. The minimum absolute atomic E-state index is 0.0103. The highest BCUT2D eigenvalue weighted by atomic mass is 35.5. The summed E-state index contributed by atoms with van der Waals surface area (Å²) in [4.78, 5) is 2.05. The number of fused-ring (bicyclic) bond motifs is 5. The first-order valence-corrected chi connectivity index (χ1v) is 7.94. The highest BCUT2D eigenvalue weighted by molar-refractivity contribution is 8.01. The number of anilines is 2. The largest absolute Gasteiger partial charge is 0.394 e. The van der Waals surface area contributed by atoms with Crippen molar-refractivity contribution in [3.63, 3.8) is 0 Å². The number of halogens is 2. The van der Waals surface area contributed by atoms with E-state index in [4.69, 9.17) is 27.9 Å². The SMILES string of the molecule is OC[C@H]1O[C@@H]2[C@@H](SC3Nc4cc(Cl)c(Cl)cc4N32)[C@@H]1O. The average molecular weight is 335 g/mol. The lowest BCUT2D eigenvalue weighted by Gasteiger charge is -2.24. The molecule has 20 heavy (non-hydrogen) atoms. The molecule has 0 saturated carbocycles. The molecule has 0 aliphatic carbocycles. The Bertz CT molecular complexity index is 576. The van der Waals surface area contributed by atoms with Crippen LogP contribution in [0.2, 0.25) is 10.0 Å². The summed E-state index contributed by atoms with van der Waals surface area (Å²) in [7, 11) is 0. The molecule has 0 amide bonds. The number of aliphatic hydroxyl groups is 2. The Hall–Kier alpha value is -0.370. The van der Waals surface area contributed by atoms with Crippen LogP contribution in [-0.4, -0.2) is 46.0 Å². The van der Waals surface area contributed by atoms with E-state index in [0.29, 0.717) is 10.0 Å². The Morgan fingerprint density at radius 3 is 2.85 bits per heavy atom. The quantitative estimate of drug-likeness (QED) is 0.726. The zero-order valence-electron chi connectivity index (χ0n) is 10.2. The Balaban J connectivity index is 1.72. The molecule has 3 heterocycles. The van der Waals surface area contributed by atoms with Gasteiger partial charge in [0.1, 0.15) is 12.3 Å². The molecule has 8 heteroatoms. The molecule has 3 aliphatic rings. The summed E-state index contributed by atoms with van der Waals surface area (Å²) in [5.74, 6) is 0. The van der Waals surface area contributed by atoms with Crippen LogP contribution in [0.15, 0.2) is 12.1 Å². The highest BCUT2D eigenvalue weighted by Gasteiger charge is 2.56. The molecule has 0 spiro atoms. The second-order valence-electron chi connectivity index (χ2n) is 5.03. The third-order valence-electron chi connectivity index (χ3n) is 3.90. The first-order chi connectivity index (χ1) is 9.60. The first-order valence-electron chi connectivity index (χ1n) is 6.24. The number of rotatable bonds is 1. The van der Waals surface area contributed by atoms with Gasteiger partial charge < -0.3 is 25.2 Å². The monoisotopic (exact) mass is 334 g/mol. The highest BCUT2D eigenvalue weighted by Crippen LogP contribution is 2.52. The molecule has 2 saturated heterocycles. The van der Waals surface area contributed by atoms with Gasteiger partial charge in [0, 0.05) is 0 Å². The molecule has 1 aromatic carbocycles. The summed E-state index contributed by atoms with van der Waals surface area (Å²) in [5.41, 5.74) is 1.81. The van der Waals surface area contributed by atoms with Crippen LogP contribution in [0.25, 0.3) is 0 Å². The van der Waals surface area contributed by atoms with Gasteiger partial charge in [-0.25, -0.2) is 0 Å². The van der Waals surface area contributed by atoms with Gasteiger partial charge in [-0.1, -0.05) is 23.2 Å². The van der Waals surface area contributed by atoms with Gasteiger partial charge in [-0.05, 0) is 12.1 Å². The molecular formula is C12H12Cl2N2O3S. The van der Waals surface area contributed by atoms with E-state index < -0.39 is 12.2 Å². The maximum Gasteiger partial charge on any atom is 0.151 e. The van der Waals surface area contributed by atoms with Crippen molar-refractivity contribution in [3.8, 4) is 0 Å². The lowest BCUT2D eigenvalue weighted by atomic mass is 10.1. The maximum absolute atomic E-state index is 10.2. The van der Waals surface area contributed by atoms with Crippen LogP contribution >= 0.6 is 35.0 Å². The lowest BCUT2D eigenvalue weighted by Crippen LogP contribution is -2.37. The van der Waals surface area contributed by atoms with Crippen molar-refractivity contribution in [3.05, 3.63) is 22.2 Å². The van der Waals surface area contributed by atoms with Crippen molar-refractivity contribution in [1.29, 1.82) is 0 Å². The van der Waals surface area contributed by atoms with Gasteiger partial charge in [0.2, 0.25) is 0 Å². The van der Waals surface area contributed by atoms with Crippen molar-refractivity contribution >= 4 is 46.3 Å². The summed E-state index contributed by atoms with van der Waals surface area (Å²) in [6, 6.07) is 3.60. The van der Waals surface area contributed by atoms with E-state index in [2.05, 4.69) is 5.32 Å². The van der Waals surface area contributed by atoms with E-state index in [-0.39, 0.29) is 23.6 Å². The second-order valence-corrected chi connectivity index (χ2v) is 7.10. The molecule has 2 fully saturated rings. The van der Waals surface area contributed by atoms with Crippen LogP contribution in [-0.2, 0) is 4.74 Å². The summed E-state index contributed by atoms with van der Waals surface area (Å²) in [6.45, 7) is -0.186. The van der Waals surface area contributed by atoms with E-state index in [9.17, 15) is 10.2 Å². The summed E-state index contributed by atoms with van der Waals surface area (Å²) in [6.07, 6.45) is -1.48. The minimum Gasteiger partial charge on any atom is -0.394 e. The number of benzene rings is 1. The van der Waals surface area contributed by atoms with E-state index >= 15 is 0 Å². The average Bonchev–Trinajstić information content (AvgIpc) is 3.01. The predicted molar refractivity (Wildman–Crippen MR) is 79.5 cm³/mol. The smallest absolute Gasteiger partial charge is 0.151 e. The number of thioether (sulfide) groups is 1. The predicted octanol–water partition coefficient (Wildman–Crippen LogP) is 1.70. The van der Waals surface area contributed by atoms with E-state index in [0.717, 1.165) is 11.4 Å². The van der Waals surface area contributed by atoms with E-state index in [1.165, 1.54) is 0 Å². The molecule has 0 bridgehead atoms. The standard InChI is InChI=1S/C12H12Cl2N2O3S/c13-4-1-6-7(2-5(4)14)16-11-10(20-12(16)15-6)9(18)8(3-17)19-11/h1-2,8-12,15,17-18H,3H2/t8-,9-,10+,11-,12?/m1/s1. The third kappa shape index (κ3) is 1.70. The summed E-state index contributed by atoms with van der Waals surface area (Å²) in [5, 5.41) is 23.6. The van der Waals surface area contributed by atoms with E-state index in [1.807, 2.05) is 4.90 Å². The van der Waals surface area contributed by atoms with Gasteiger partial charge in [-0.15, -0.1) is 11.8 Å². The fourth-order valence-electron chi connectivity index (χ4n) is 2.95. The zero-order valence-corrected chi connectivity index (χ0v) is 12.5. The van der Waals surface area contributed by atoms with Crippen LogP contribution in [0.5, 0.6) is 0 Å². The van der Waals surface area contributed by atoms with Crippen molar-refractivity contribution in [2.45, 2.75) is 29.2 Å². The first kappa shape index (κ1) is 13.3. The molecule has 1 aromatic rings. The van der Waals surface area contributed by atoms with Gasteiger partial charge in [0.05, 0.1) is 39.4 Å². The molecule has 4 rings (SSSR count). The summed E-state index contributed by atoms with van der Waals surface area (Å²) >= 11 is 13.7. The van der Waals surface area contributed by atoms with Crippen molar-refractivity contribution in [2.24, 2.45) is 0 Å². The number of hydrogen-bond acceptors (Lipinski definition) is 6. The fraction of sp³-hybridized carbons (Fsp3) is 0.500. The number of hydrogen-bond donors (Lipinski definition) is 3. The van der Waals surface area contributed by atoms with Gasteiger partial charge in [0.15, 0.2) is 5.50 Å². The Kier molecular flexibility index (Phi) is 3.03. The molecule has 108 valence electrons. The van der Waals surface area contributed by atoms with Gasteiger partial charge >= 0.3 is 0 Å². The van der Waals surface area contributed by atoms with Crippen molar-refractivity contribution in [2.75, 3.05) is 16.8 Å². The third-order valence-corrected chi connectivity index (χ3v) is 6.05. The number of ether oxygens (including phenoxy) is 1. The van der Waals surface area contributed by atoms with Crippen LogP contribution in [0.3, 0.4) is 0 Å². The molecule has 3 aliphatic heterocycles. The van der Waals surface area contributed by atoms with Crippen LogP contribution < -0.4 is 10.2 Å². The normalized spacial score (nSPS) is 37.6. The van der Waals surface area contributed by atoms with Gasteiger partial charge in [0.25, 0.3) is 0 Å². The van der Waals surface area contributed by atoms with Crippen molar-refractivity contribution in [1.82, 2.24) is 0 Å². The molecular weight excluding hydrogens is 323 g/mol. The molecule has 3 N–H and O–H groups in total. The number of nitrogens with one attached hydrogen (secondary N) is 1. The Morgan fingerprint density at radius 2 is 2.10 bits per heavy atom. The maximum atomic E-state index is 10.2. The second kappa shape index (κ2) is 4.56. The van der Waals surface area contributed by atoms with Gasteiger partial charge in [-0.3, -0.25) is 0 Å². The van der Waals surface area contributed by atoms with Crippen LogP contribution in [0.1, 0.15) is 0 Å². The lowest BCUT2D eigenvalue weighted by molar-refractivity contribution is -0.0221.